The average molecular weight is 261 g/mol. The van der Waals surface area contributed by atoms with Gasteiger partial charge in [0, 0.05) is 18.0 Å². The SMILES string of the molecule is COc1ccc2c(c1)nc(C(C)CCN)n2C(C)C. The standard InChI is InChI=1S/C15H23N3O/c1-10(2)18-14-6-5-12(19-4)9-13(14)17-15(18)11(3)7-8-16/h5-6,9-11H,7-8,16H2,1-4H3. The summed E-state index contributed by atoms with van der Waals surface area (Å²) >= 11 is 0. The number of rotatable bonds is 5. The molecule has 1 atom stereocenters. The van der Waals surface area contributed by atoms with Crippen LogP contribution in [0.5, 0.6) is 5.75 Å². The Bertz CT molecular complexity index is 560. The summed E-state index contributed by atoms with van der Waals surface area (Å²) in [6, 6.07) is 6.45. The second-order valence-electron chi connectivity index (χ2n) is 5.27. The zero-order chi connectivity index (χ0) is 14.0. The second kappa shape index (κ2) is 5.61. The van der Waals surface area contributed by atoms with E-state index in [1.165, 1.54) is 0 Å². The summed E-state index contributed by atoms with van der Waals surface area (Å²) in [6.07, 6.45) is 0.952. The highest BCUT2D eigenvalue weighted by atomic mass is 16.5. The maximum absolute atomic E-state index is 5.68. The molecular formula is C15H23N3O. The van der Waals surface area contributed by atoms with Crippen LogP contribution in [-0.2, 0) is 0 Å². The zero-order valence-corrected chi connectivity index (χ0v) is 12.2. The molecule has 1 unspecified atom stereocenters. The number of methoxy groups -OCH3 is 1. The van der Waals surface area contributed by atoms with Gasteiger partial charge in [0.1, 0.15) is 11.6 Å². The van der Waals surface area contributed by atoms with Gasteiger partial charge in [-0.2, -0.15) is 0 Å². The first-order valence-electron chi connectivity index (χ1n) is 6.84. The van der Waals surface area contributed by atoms with Gasteiger partial charge >= 0.3 is 0 Å². The number of nitrogens with zero attached hydrogens (tertiary/aromatic N) is 2. The van der Waals surface area contributed by atoms with Crippen LogP contribution in [0, 0.1) is 0 Å². The lowest BCUT2D eigenvalue weighted by Gasteiger charge is -2.17. The fourth-order valence-corrected chi connectivity index (χ4v) is 2.49. The molecule has 1 heterocycles. The number of ether oxygens (including phenoxy) is 1. The molecule has 0 spiro atoms. The van der Waals surface area contributed by atoms with Gasteiger partial charge in [-0.3, -0.25) is 0 Å². The third kappa shape index (κ3) is 2.59. The molecule has 2 N–H and O–H groups in total. The molecule has 0 aliphatic heterocycles. The monoisotopic (exact) mass is 261 g/mol. The smallest absolute Gasteiger partial charge is 0.121 e. The molecule has 0 saturated heterocycles. The summed E-state index contributed by atoms with van der Waals surface area (Å²) in [4.78, 5) is 4.79. The minimum absolute atomic E-state index is 0.366. The third-order valence-electron chi connectivity index (χ3n) is 3.48. The highest BCUT2D eigenvalue weighted by molar-refractivity contribution is 5.78. The lowest BCUT2D eigenvalue weighted by molar-refractivity contribution is 0.415. The van der Waals surface area contributed by atoms with Crippen LogP contribution < -0.4 is 10.5 Å². The predicted molar refractivity (Wildman–Crippen MR) is 78.8 cm³/mol. The van der Waals surface area contributed by atoms with Crippen LogP contribution in [0.2, 0.25) is 0 Å². The molecule has 4 heteroatoms. The highest BCUT2D eigenvalue weighted by Crippen LogP contribution is 2.29. The minimum Gasteiger partial charge on any atom is -0.497 e. The molecular weight excluding hydrogens is 238 g/mol. The van der Waals surface area contributed by atoms with Crippen LogP contribution in [0.3, 0.4) is 0 Å². The van der Waals surface area contributed by atoms with Crippen molar-refractivity contribution in [1.29, 1.82) is 0 Å². The largest absolute Gasteiger partial charge is 0.497 e. The van der Waals surface area contributed by atoms with Gasteiger partial charge in [-0.15, -0.1) is 0 Å². The van der Waals surface area contributed by atoms with Crippen LogP contribution in [0.15, 0.2) is 18.2 Å². The maximum Gasteiger partial charge on any atom is 0.121 e. The van der Waals surface area contributed by atoms with E-state index in [0.29, 0.717) is 18.5 Å². The Hall–Kier alpha value is -1.55. The van der Waals surface area contributed by atoms with Crippen LogP contribution in [0.4, 0.5) is 0 Å². The molecule has 104 valence electrons. The van der Waals surface area contributed by atoms with Crippen molar-refractivity contribution >= 4 is 11.0 Å². The van der Waals surface area contributed by atoms with Gasteiger partial charge in [0.25, 0.3) is 0 Å². The molecule has 0 fully saturated rings. The normalized spacial score (nSPS) is 13.2. The Balaban J connectivity index is 2.58. The Kier molecular flexibility index (Phi) is 4.10. The van der Waals surface area contributed by atoms with E-state index >= 15 is 0 Å². The average Bonchev–Trinajstić information content (AvgIpc) is 2.77. The molecule has 2 rings (SSSR count). The Morgan fingerprint density at radius 2 is 2.05 bits per heavy atom. The van der Waals surface area contributed by atoms with Crippen molar-refractivity contribution < 1.29 is 4.74 Å². The van der Waals surface area contributed by atoms with Crippen molar-refractivity contribution in [1.82, 2.24) is 9.55 Å². The molecule has 0 saturated carbocycles. The van der Waals surface area contributed by atoms with Crippen molar-refractivity contribution in [3.63, 3.8) is 0 Å². The fourth-order valence-electron chi connectivity index (χ4n) is 2.49. The van der Waals surface area contributed by atoms with Crippen molar-refractivity contribution in [3.05, 3.63) is 24.0 Å². The molecule has 4 nitrogen and oxygen atoms in total. The molecule has 0 aliphatic rings. The van der Waals surface area contributed by atoms with Crippen LogP contribution >= 0.6 is 0 Å². The first kappa shape index (κ1) is 13.9. The van der Waals surface area contributed by atoms with E-state index in [-0.39, 0.29) is 0 Å². The number of benzene rings is 1. The maximum atomic E-state index is 5.68. The molecule has 0 radical (unpaired) electrons. The van der Waals surface area contributed by atoms with Crippen molar-refractivity contribution in [2.45, 2.75) is 39.2 Å². The minimum atomic E-state index is 0.366. The number of nitrogens with two attached hydrogens (primary N) is 1. The quantitative estimate of drug-likeness (QED) is 0.900. The van der Waals surface area contributed by atoms with Gasteiger partial charge in [0.05, 0.1) is 18.1 Å². The van der Waals surface area contributed by atoms with Gasteiger partial charge in [-0.25, -0.2) is 4.98 Å². The molecule has 0 aliphatic carbocycles. The van der Waals surface area contributed by atoms with Gasteiger partial charge in [0.2, 0.25) is 0 Å². The Morgan fingerprint density at radius 3 is 2.63 bits per heavy atom. The third-order valence-corrected chi connectivity index (χ3v) is 3.48. The Morgan fingerprint density at radius 1 is 1.32 bits per heavy atom. The number of hydrogen-bond donors (Lipinski definition) is 1. The van der Waals surface area contributed by atoms with E-state index in [1.807, 2.05) is 12.1 Å². The zero-order valence-electron chi connectivity index (χ0n) is 12.2. The van der Waals surface area contributed by atoms with Crippen LogP contribution in [-0.4, -0.2) is 23.2 Å². The van der Waals surface area contributed by atoms with Crippen LogP contribution in [0.1, 0.15) is 45.0 Å². The van der Waals surface area contributed by atoms with E-state index in [1.54, 1.807) is 7.11 Å². The van der Waals surface area contributed by atoms with Crippen molar-refractivity contribution in [2.24, 2.45) is 5.73 Å². The van der Waals surface area contributed by atoms with E-state index in [2.05, 4.69) is 31.4 Å². The molecule has 0 amide bonds. The molecule has 1 aromatic carbocycles. The van der Waals surface area contributed by atoms with Gasteiger partial charge in [-0.05, 0) is 38.9 Å². The molecule has 2 aromatic rings. The van der Waals surface area contributed by atoms with E-state index in [9.17, 15) is 0 Å². The molecule has 19 heavy (non-hydrogen) atoms. The summed E-state index contributed by atoms with van der Waals surface area (Å²) < 4.78 is 7.57. The van der Waals surface area contributed by atoms with Crippen molar-refractivity contribution in [2.75, 3.05) is 13.7 Å². The summed E-state index contributed by atoms with van der Waals surface area (Å²) in [5.41, 5.74) is 7.83. The second-order valence-corrected chi connectivity index (χ2v) is 5.27. The predicted octanol–water partition coefficient (Wildman–Crippen LogP) is 3.08. The Labute approximate surface area is 114 Å². The van der Waals surface area contributed by atoms with E-state index in [0.717, 1.165) is 29.0 Å². The number of imidazole rings is 1. The van der Waals surface area contributed by atoms with Gasteiger partial charge < -0.3 is 15.0 Å². The first-order chi connectivity index (χ1) is 9.08. The first-order valence-corrected chi connectivity index (χ1v) is 6.84. The van der Waals surface area contributed by atoms with Crippen LogP contribution in [0.25, 0.3) is 11.0 Å². The topological polar surface area (TPSA) is 53.1 Å². The number of hydrogen-bond acceptors (Lipinski definition) is 3. The summed E-state index contributed by atoms with van der Waals surface area (Å²) in [5, 5.41) is 0. The molecule has 1 aromatic heterocycles. The van der Waals surface area contributed by atoms with E-state index in [4.69, 9.17) is 15.5 Å². The van der Waals surface area contributed by atoms with Crippen molar-refractivity contribution in [3.8, 4) is 5.75 Å². The highest BCUT2D eigenvalue weighted by Gasteiger charge is 2.18. The van der Waals surface area contributed by atoms with Gasteiger partial charge in [0.15, 0.2) is 0 Å². The fraction of sp³-hybridized carbons (Fsp3) is 0.533. The van der Waals surface area contributed by atoms with E-state index < -0.39 is 0 Å². The summed E-state index contributed by atoms with van der Waals surface area (Å²) in [6.45, 7) is 7.24. The lowest BCUT2D eigenvalue weighted by Crippen LogP contribution is -2.12. The summed E-state index contributed by atoms with van der Waals surface area (Å²) in [7, 11) is 1.68. The molecule has 0 bridgehead atoms. The summed E-state index contributed by atoms with van der Waals surface area (Å²) in [5.74, 6) is 2.33. The number of aromatic nitrogens is 2. The lowest BCUT2D eigenvalue weighted by atomic mass is 10.1. The number of fused-ring (bicyclic) bond motifs is 1. The van der Waals surface area contributed by atoms with Gasteiger partial charge in [-0.1, -0.05) is 6.92 Å².